The third kappa shape index (κ3) is 17.8. The molecule has 128 heavy (non-hydrogen) atoms. The van der Waals surface area contributed by atoms with Crippen molar-refractivity contribution in [1.29, 1.82) is 0 Å². The Bertz CT molecular complexity index is 7230. The van der Waals surface area contributed by atoms with E-state index in [1.54, 1.807) is 14.2 Å². The molecular weight excluding hydrogens is 1560 g/mol. The van der Waals surface area contributed by atoms with Crippen LogP contribution >= 0.6 is 0 Å². The first-order valence-electron chi connectivity index (χ1n) is 43.5. The van der Waals surface area contributed by atoms with E-state index in [1.807, 2.05) is 30.3 Å². The number of aryl methyl sites for hydroxylation is 1. The number of hydrogen-bond donors (Lipinski definition) is 0. The molecule has 0 N–H and O–H groups in total. The molecular formula is C120H96N6O2. The van der Waals surface area contributed by atoms with Crippen molar-refractivity contribution in [1.82, 2.24) is 0 Å². The van der Waals surface area contributed by atoms with Gasteiger partial charge in [-0.25, -0.2) is 0 Å². The molecule has 0 saturated heterocycles. The van der Waals surface area contributed by atoms with E-state index >= 15 is 0 Å². The number of benzene rings is 21. The fourth-order valence-corrected chi connectivity index (χ4v) is 17.2. The Balaban J connectivity index is 0.000000125. The molecule has 8 heteroatoms. The third-order valence-electron chi connectivity index (χ3n) is 24.4. The highest BCUT2D eigenvalue weighted by atomic mass is 16.5. The Morgan fingerprint density at radius 2 is 0.352 bits per heavy atom. The average molecular weight is 1650 g/mol. The molecule has 0 radical (unpaired) electrons. The standard InChI is InChI=1S/2C40H32N2O.C40H32N2/c1-41(37-12-7-13-40(28-37)43-2)35-20-14-31(15-21-35)32-16-22-36(23-17-32)42(38-24-18-29-8-3-5-10-33(29)26-38)39-25-19-30-9-4-6-11-34(30)27-39;1-41(36-23-25-40(43-2)26-24-36)35-17-11-31(12-18-35)32-13-19-37(20-14-32)42(38-21-15-29-7-3-5-9-33(29)27-38)39-22-16-30-8-4-6-10-34(30)28-39;1-29-8-7-13-38(26-29)41(2)36-20-14-32(15-21-36)33-16-22-37(23-17-33)42(39-24-18-30-9-3-5-11-34(30)27-39)40-25-19-31-10-4-6-12-35(31)28-40/h2*3-28H,1-2H3;3-28H,1-2H3. The summed E-state index contributed by atoms with van der Waals surface area (Å²) in [7, 11) is 9.66. The van der Waals surface area contributed by atoms with Crippen LogP contribution in [0.5, 0.6) is 11.5 Å². The predicted octanol–water partition coefficient (Wildman–Crippen LogP) is 33.0. The second-order valence-electron chi connectivity index (χ2n) is 32.4. The monoisotopic (exact) mass is 1650 g/mol. The summed E-state index contributed by atoms with van der Waals surface area (Å²) in [6.07, 6.45) is 0. The van der Waals surface area contributed by atoms with Gasteiger partial charge in [-0.2, -0.15) is 0 Å². The Kier molecular flexibility index (Phi) is 23.5. The normalized spacial score (nSPS) is 11.0. The Labute approximate surface area is 749 Å². The van der Waals surface area contributed by atoms with Crippen molar-refractivity contribution >= 4 is 150 Å². The van der Waals surface area contributed by atoms with Gasteiger partial charge in [-0.05, 0) is 305 Å². The van der Waals surface area contributed by atoms with Gasteiger partial charge in [-0.3, -0.25) is 0 Å². The molecule has 0 unspecified atom stereocenters. The van der Waals surface area contributed by atoms with Crippen LogP contribution in [0.25, 0.3) is 98.0 Å². The van der Waals surface area contributed by atoms with Gasteiger partial charge >= 0.3 is 0 Å². The predicted molar refractivity (Wildman–Crippen MR) is 546 cm³/mol. The van der Waals surface area contributed by atoms with E-state index in [0.717, 1.165) is 85.4 Å². The second-order valence-corrected chi connectivity index (χ2v) is 32.4. The molecule has 0 aliphatic rings. The van der Waals surface area contributed by atoms with Gasteiger partial charge in [0.2, 0.25) is 0 Å². The number of anilines is 15. The van der Waals surface area contributed by atoms with Gasteiger partial charge < -0.3 is 38.9 Å². The smallest absolute Gasteiger partial charge is 0.120 e. The van der Waals surface area contributed by atoms with Gasteiger partial charge in [0.05, 0.1) is 14.2 Å². The summed E-state index contributed by atoms with van der Waals surface area (Å²) in [6, 6.07) is 169. The van der Waals surface area contributed by atoms with Crippen LogP contribution in [0.3, 0.4) is 0 Å². The van der Waals surface area contributed by atoms with E-state index < -0.39 is 0 Å². The minimum absolute atomic E-state index is 0.850. The quantitative estimate of drug-likeness (QED) is 0.0747. The van der Waals surface area contributed by atoms with Gasteiger partial charge in [-0.1, -0.05) is 273 Å². The second kappa shape index (κ2) is 36.9. The van der Waals surface area contributed by atoms with Gasteiger partial charge in [0.25, 0.3) is 0 Å². The maximum Gasteiger partial charge on any atom is 0.120 e. The average Bonchev–Trinajstić information content (AvgIpc) is 0.784. The number of rotatable bonds is 20. The first-order valence-corrected chi connectivity index (χ1v) is 43.5. The van der Waals surface area contributed by atoms with Crippen molar-refractivity contribution < 1.29 is 9.47 Å². The lowest BCUT2D eigenvalue weighted by atomic mass is 10.0. The SMILES string of the molecule is COc1ccc(N(C)c2ccc(-c3ccc(N(c4ccc5ccccc5c4)c4ccc5ccccc5c4)cc3)cc2)cc1.COc1cccc(N(C)c2ccc(-c3ccc(N(c4ccc5ccccc5c4)c4ccc5ccccc5c4)cc3)cc2)c1.Cc1cccc(N(C)c2ccc(-c3ccc(N(c4ccc5ccccc5c4)c4ccc5ccccc5c4)cc3)cc2)c1. The molecule has 618 valence electrons. The lowest BCUT2D eigenvalue weighted by Gasteiger charge is -2.26. The highest BCUT2D eigenvalue weighted by Crippen LogP contribution is 2.44. The van der Waals surface area contributed by atoms with E-state index in [-0.39, 0.29) is 0 Å². The van der Waals surface area contributed by atoms with Crippen LogP contribution in [0, 0.1) is 6.92 Å². The van der Waals surface area contributed by atoms with E-state index in [9.17, 15) is 0 Å². The highest BCUT2D eigenvalue weighted by Gasteiger charge is 2.20. The largest absolute Gasteiger partial charge is 0.497 e. The van der Waals surface area contributed by atoms with E-state index in [0.29, 0.717) is 0 Å². The molecule has 8 nitrogen and oxygen atoms in total. The van der Waals surface area contributed by atoms with Crippen molar-refractivity contribution in [2.45, 2.75) is 6.92 Å². The first kappa shape index (κ1) is 81.3. The van der Waals surface area contributed by atoms with Crippen LogP contribution in [0.2, 0.25) is 0 Å². The van der Waals surface area contributed by atoms with Crippen molar-refractivity contribution in [3.05, 3.63) is 479 Å². The Morgan fingerprint density at radius 3 is 0.594 bits per heavy atom. The molecule has 21 aromatic rings. The van der Waals surface area contributed by atoms with Gasteiger partial charge in [0.1, 0.15) is 11.5 Å². The lowest BCUT2D eigenvalue weighted by molar-refractivity contribution is 0.415. The summed E-state index contributed by atoms with van der Waals surface area (Å²) in [5.74, 6) is 1.71. The van der Waals surface area contributed by atoms with Crippen molar-refractivity contribution in [2.24, 2.45) is 0 Å². The number of nitrogens with zero attached hydrogens (tertiary/aromatic N) is 6. The molecule has 0 aliphatic carbocycles. The number of hydrogen-bond acceptors (Lipinski definition) is 8. The fraction of sp³-hybridized carbons (Fsp3) is 0.0500. The van der Waals surface area contributed by atoms with Gasteiger partial charge in [0.15, 0.2) is 0 Å². The maximum atomic E-state index is 5.41. The van der Waals surface area contributed by atoms with Crippen molar-refractivity contribution in [3.63, 3.8) is 0 Å². The lowest BCUT2D eigenvalue weighted by Crippen LogP contribution is -2.10. The van der Waals surface area contributed by atoms with Crippen LogP contribution in [-0.2, 0) is 0 Å². The summed E-state index contributed by atoms with van der Waals surface area (Å²) in [5.41, 5.74) is 25.3. The minimum atomic E-state index is 0.850. The summed E-state index contributed by atoms with van der Waals surface area (Å²) >= 11 is 0. The molecule has 0 spiro atoms. The number of methoxy groups -OCH3 is 2. The molecule has 0 heterocycles. The van der Waals surface area contributed by atoms with Crippen LogP contribution in [0.4, 0.5) is 85.3 Å². The summed E-state index contributed by atoms with van der Waals surface area (Å²) in [4.78, 5) is 13.6. The molecule has 0 fully saturated rings. The van der Waals surface area contributed by atoms with Crippen LogP contribution < -0.4 is 38.9 Å². The third-order valence-corrected chi connectivity index (χ3v) is 24.4. The number of ether oxygens (including phenoxy) is 2. The molecule has 0 saturated carbocycles. The van der Waals surface area contributed by atoms with E-state index in [4.69, 9.17) is 9.47 Å². The highest BCUT2D eigenvalue weighted by molar-refractivity contribution is 5.97. The minimum Gasteiger partial charge on any atom is -0.497 e. The Morgan fingerprint density at radius 1 is 0.148 bits per heavy atom. The van der Waals surface area contributed by atoms with Crippen molar-refractivity contribution in [2.75, 3.05) is 64.8 Å². The topological polar surface area (TPSA) is 37.9 Å². The Hall–Kier alpha value is -16.4. The molecule has 21 rings (SSSR count). The zero-order valence-electron chi connectivity index (χ0n) is 72.5. The van der Waals surface area contributed by atoms with E-state index in [2.05, 4.69) is 500 Å². The zero-order valence-corrected chi connectivity index (χ0v) is 72.5. The van der Waals surface area contributed by atoms with Gasteiger partial charge in [-0.15, -0.1) is 0 Å². The zero-order chi connectivity index (χ0) is 86.8. The summed E-state index contributed by atoms with van der Waals surface area (Å²) in [6.45, 7) is 2.13. The molecule has 0 aromatic heterocycles. The fourth-order valence-electron chi connectivity index (χ4n) is 17.2. The first-order chi connectivity index (χ1) is 62.9. The molecule has 0 amide bonds. The summed E-state index contributed by atoms with van der Waals surface area (Å²) in [5, 5.41) is 14.8. The van der Waals surface area contributed by atoms with Crippen LogP contribution in [0.1, 0.15) is 5.56 Å². The molecule has 0 bridgehead atoms. The number of fused-ring (bicyclic) bond motifs is 6. The van der Waals surface area contributed by atoms with Crippen molar-refractivity contribution in [3.8, 4) is 44.9 Å². The maximum absolute atomic E-state index is 5.41. The molecule has 0 aliphatic heterocycles. The van der Waals surface area contributed by atoms with Crippen LogP contribution in [-0.4, -0.2) is 35.4 Å². The molecule has 21 aromatic carbocycles. The van der Waals surface area contributed by atoms with E-state index in [1.165, 1.54) is 115 Å². The molecule has 0 atom stereocenters. The van der Waals surface area contributed by atoms with Crippen LogP contribution in [0.15, 0.2) is 473 Å². The van der Waals surface area contributed by atoms with Gasteiger partial charge in [0, 0.05) is 113 Å². The summed E-state index contributed by atoms with van der Waals surface area (Å²) < 4.78 is 10.7.